The SMILES string of the molecule is CCCCC1C(=O)NC(Cc2ccccc2)CNC(=O)C(CCCCC(=N)N)NC1=O. The third kappa shape index (κ3) is 8.39. The fourth-order valence-corrected chi connectivity index (χ4v) is 3.72. The molecule has 1 aliphatic heterocycles. The van der Waals surface area contributed by atoms with E-state index < -0.39 is 17.9 Å². The molecule has 2 rings (SSSR count). The molecule has 0 bridgehead atoms. The normalized spacial score (nSPS) is 22.2. The minimum absolute atomic E-state index is 0.111. The van der Waals surface area contributed by atoms with Crippen LogP contribution in [0, 0.1) is 11.3 Å². The lowest BCUT2D eigenvalue weighted by atomic mass is 9.96. The Labute approximate surface area is 184 Å². The summed E-state index contributed by atoms with van der Waals surface area (Å²) in [6.45, 7) is 2.30. The largest absolute Gasteiger partial charge is 0.388 e. The van der Waals surface area contributed by atoms with Gasteiger partial charge in [0.05, 0.1) is 11.9 Å². The lowest BCUT2D eigenvalue weighted by molar-refractivity contribution is -0.139. The Morgan fingerprint density at radius 1 is 1.00 bits per heavy atom. The summed E-state index contributed by atoms with van der Waals surface area (Å²) in [7, 11) is 0. The molecule has 1 heterocycles. The molecule has 1 aromatic rings. The molecule has 6 N–H and O–H groups in total. The van der Waals surface area contributed by atoms with Crippen molar-refractivity contribution in [2.75, 3.05) is 6.54 Å². The summed E-state index contributed by atoms with van der Waals surface area (Å²) in [5.74, 6) is -1.65. The molecule has 31 heavy (non-hydrogen) atoms. The molecule has 3 unspecified atom stereocenters. The highest BCUT2D eigenvalue weighted by Crippen LogP contribution is 2.14. The molecule has 1 aromatic carbocycles. The van der Waals surface area contributed by atoms with Crippen LogP contribution in [0.15, 0.2) is 30.3 Å². The van der Waals surface area contributed by atoms with Crippen LogP contribution in [-0.4, -0.2) is 42.2 Å². The van der Waals surface area contributed by atoms with Crippen LogP contribution in [0.25, 0.3) is 0 Å². The molecule has 0 radical (unpaired) electrons. The third-order valence-corrected chi connectivity index (χ3v) is 5.50. The van der Waals surface area contributed by atoms with E-state index in [1.54, 1.807) is 0 Å². The van der Waals surface area contributed by atoms with Crippen LogP contribution in [0.5, 0.6) is 0 Å². The van der Waals surface area contributed by atoms with Gasteiger partial charge in [-0.2, -0.15) is 0 Å². The van der Waals surface area contributed by atoms with Crippen molar-refractivity contribution in [1.29, 1.82) is 5.41 Å². The first-order valence-corrected chi connectivity index (χ1v) is 11.2. The highest BCUT2D eigenvalue weighted by atomic mass is 16.2. The number of hydrogen-bond acceptors (Lipinski definition) is 4. The second kappa shape index (κ2) is 12.7. The van der Waals surface area contributed by atoms with Crippen molar-refractivity contribution in [3.63, 3.8) is 0 Å². The molecule has 3 amide bonds. The number of nitrogens with one attached hydrogen (secondary N) is 4. The van der Waals surface area contributed by atoms with Gasteiger partial charge in [0.25, 0.3) is 0 Å². The van der Waals surface area contributed by atoms with Gasteiger partial charge in [-0.15, -0.1) is 0 Å². The van der Waals surface area contributed by atoms with Gasteiger partial charge in [-0.05, 0) is 31.2 Å². The van der Waals surface area contributed by atoms with E-state index in [9.17, 15) is 14.4 Å². The van der Waals surface area contributed by atoms with E-state index in [0.717, 1.165) is 18.4 Å². The van der Waals surface area contributed by atoms with Crippen LogP contribution in [0.3, 0.4) is 0 Å². The Kier molecular flexibility index (Phi) is 10.00. The van der Waals surface area contributed by atoms with Gasteiger partial charge in [0.2, 0.25) is 17.7 Å². The Hall–Kier alpha value is -2.90. The quantitative estimate of drug-likeness (QED) is 0.167. The summed E-state index contributed by atoms with van der Waals surface area (Å²) < 4.78 is 0. The second-order valence-electron chi connectivity index (χ2n) is 8.17. The van der Waals surface area contributed by atoms with Crippen molar-refractivity contribution >= 4 is 23.6 Å². The number of amides is 3. The number of nitrogens with two attached hydrogens (primary N) is 1. The van der Waals surface area contributed by atoms with Gasteiger partial charge in [0, 0.05) is 13.0 Å². The van der Waals surface area contributed by atoms with Crippen LogP contribution in [0.2, 0.25) is 0 Å². The second-order valence-corrected chi connectivity index (χ2v) is 8.17. The number of carbonyl (C=O) groups excluding carboxylic acids is 3. The predicted octanol–water partition coefficient (Wildman–Crippen LogP) is 1.63. The van der Waals surface area contributed by atoms with Gasteiger partial charge >= 0.3 is 0 Å². The zero-order chi connectivity index (χ0) is 22.6. The topological polar surface area (TPSA) is 137 Å². The first-order valence-electron chi connectivity index (χ1n) is 11.2. The van der Waals surface area contributed by atoms with Crippen molar-refractivity contribution in [3.05, 3.63) is 35.9 Å². The average Bonchev–Trinajstić information content (AvgIpc) is 2.74. The summed E-state index contributed by atoms with van der Waals surface area (Å²) in [5, 5.41) is 16.0. The first kappa shape index (κ1) is 24.4. The van der Waals surface area contributed by atoms with Gasteiger partial charge in [-0.25, -0.2) is 0 Å². The Morgan fingerprint density at radius 2 is 1.71 bits per heavy atom. The van der Waals surface area contributed by atoms with Crippen molar-refractivity contribution < 1.29 is 14.4 Å². The zero-order valence-electron chi connectivity index (χ0n) is 18.3. The summed E-state index contributed by atoms with van der Waals surface area (Å²) in [5.41, 5.74) is 6.44. The molecule has 0 saturated carbocycles. The predicted molar refractivity (Wildman–Crippen MR) is 120 cm³/mol. The maximum atomic E-state index is 13.0. The fourth-order valence-electron chi connectivity index (χ4n) is 3.72. The third-order valence-electron chi connectivity index (χ3n) is 5.50. The van der Waals surface area contributed by atoms with Crippen LogP contribution >= 0.6 is 0 Å². The zero-order valence-corrected chi connectivity index (χ0v) is 18.3. The summed E-state index contributed by atoms with van der Waals surface area (Å²) >= 11 is 0. The Balaban J connectivity index is 2.14. The lowest BCUT2D eigenvalue weighted by Gasteiger charge is -2.28. The van der Waals surface area contributed by atoms with Crippen LogP contribution in [-0.2, 0) is 20.8 Å². The number of carbonyl (C=O) groups is 3. The van der Waals surface area contributed by atoms with Crippen molar-refractivity contribution in [2.45, 2.75) is 70.4 Å². The van der Waals surface area contributed by atoms with E-state index in [-0.39, 0.29) is 23.7 Å². The number of rotatable bonds is 10. The van der Waals surface area contributed by atoms with E-state index in [1.165, 1.54) is 0 Å². The van der Waals surface area contributed by atoms with Crippen LogP contribution in [0.4, 0.5) is 0 Å². The number of benzene rings is 1. The summed E-state index contributed by atoms with van der Waals surface area (Å²) in [4.78, 5) is 38.7. The fraction of sp³-hybridized carbons (Fsp3) is 0.565. The summed E-state index contributed by atoms with van der Waals surface area (Å²) in [6.07, 6.45) is 4.87. The molecule has 0 aliphatic carbocycles. The van der Waals surface area contributed by atoms with Crippen LogP contribution < -0.4 is 21.7 Å². The van der Waals surface area contributed by atoms with E-state index in [4.69, 9.17) is 11.1 Å². The maximum Gasteiger partial charge on any atom is 0.242 e. The lowest BCUT2D eigenvalue weighted by Crippen LogP contribution is -2.57. The molecule has 0 aromatic heterocycles. The highest BCUT2D eigenvalue weighted by molar-refractivity contribution is 6.02. The Bertz CT molecular complexity index is 753. The molecular formula is C23H35N5O3. The minimum atomic E-state index is -0.816. The van der Waals surface area contributed by atoms with E-state index in [2.05, 4.69) is 16.0 Å². The number of amidine groups is 1. The standard InChI is InChI=1S/C23H35N5O3/c1-2-3-11-18-21(29)27-17(14-16-9-5-4-6-10-16)15-26-23(31)19(28-22(18)30)12-7-8-13-20(24)25/h4-6,9-10,17-19H,2-3,7-8,11-15H2,1H3,(H3,24,25)(H,26,31)(H,27,29)(H,28,30). The minimum Gasteiger partial charge on any atom is -0.388 e. The molecule has 1 aliphatic rings. The van der Waals surface area contributed by atoms with E-state index in [0.29, 0.717) is 45.1 Å². The molecule has 1 saturated heterocycles. The van der Waals surface area contributed by atoms with Crippen LogP contribution in [0.1, 0.15) is 57.4 Å². The Morgan fingerprint density at radius 3 is 2.39 bits per heavy atom. The monoisotopic (exact) mass is 429 g/mol. The smallest absolute Gasteiger partial charge is 0.242 e. The van der Waals surface area contributed by atoms with Crippen molar-refractivity contribution in [2.24, 2.45) is 11.7 Å². The average molecular weight is 430 g/mol. The molecule has 8 heteroatoms. The maximum absolute atomic E-state index is 13.0. The van der Waals surface area contributed by atoms with Crippen molar-refractivity contribution in [3.8, 4) is 0 Å². The molecule has 1 fully saturated rings. The van der Waals surface area contributed by atoms with Gasteiger partial charge in [-0.1, -0.05) is 56.5 Å². The molecule has 170 valence electrons. The highest BCUT2D eigenvalue weighted by Gasteiger charge is 2.32. The van der Waals surface area contributed by atoms with E-state index >= 15 is 0 Å². The van der Waals surface area contributed by atoms with Crippen molar-refractivity contribution in [1.82, 2.24) is 16.0 Å². The molecule has 3 atom stereocenters. The summed E-state index contributed by atoms with van der Waals surface area (Å²) in [6, 6.07) is 8.76. The van der Waals surface area contributed by atoms with E-state index in [1.807, 2.05) is 37.3 Å². The van der Waals surface area contributed by atoms with Gasteiger partial charge in [0.15, 0.2) is 0 Å². The van der Waals surface area contributed by atoms with Gasteiger partial charge < -0.3 is 21.7 Å². The number of hydrogen-bond donors (Lipinski definition) is 5. The first-order chi connectivity index (χ1) is 14.9. The van der Waals surface area contributed by atoms with Gasteiger partial charge in [0.1, 0.15) is 12.0 Å². The number of unbranched alkanes of at least 4 members (excludes halogenated alkanes) is 2. The van der Waals surface area contributed by atoms with Gasteiger partial charge in [-0.3, -0.25) is 19.8 Å². The molecule has 0 spiro atoms. The molecule has 8 nitrogen and oxygen atoms in total. The molecular weight excluding hydrogens is 394 g/mol.